The number of benzene rings is 1. The fourth-order valence-electron chi connectivity index (χ4n) is 2.79. The second kappa shape index (κ2) is 6.05. The average Bonchev–Trinajstić information content (AvgIpc) is 3.35. The number of H-pyrrole nitrogens is 1. The van der Waals surface area contributed by atoms with E-state index >= 15 is 0 Å². The molecule has 1 saturated carbocycles. The lowest BCUT2D eigenvalue weighted by molar-refractivity contribution is -0.141. The molecule has 2 aromatic rings. The van der Waals surface area contributed by atoms with Crippen molar-refractivity contribution in [1.82, 2.24) is 14.5 Å². The Labute approximate surface area is 139 Å². The Hall–Kier alpha value is -2.58. The molecule has 0 atom stereocenters. The minimum absolute atomic E-state index is 0.00736. The summed E-state index contributed by atoms with van der Waals surface area (Å²) < 4.78 is 39.2. The number of amides is 1. The molecule has 1 fully saturated rings. The molecule has 1 aromatic heterocycles. The van der Waals surface area contributed by atoms with Crippen LogP contribution in [0.1, 0.15) is 30.1 Å². The van der Waals surface area contributed by atoms with Crippen LogP contribution in [0.5, 0.6) is 0 Å². The molecule has 1 amide bonds. The number of alkyl halides is 3. The molecule has 0 saturated heterocycles. The Bertz CT molecular complexity index is 942. The molecule has 6 nitrogen and oxygen atoms in total. The first-order valence-corrected chi connectivity index (χ1v) is 7.86. The van der Waals surface area contributed by atoms with Crippen molar-refractivity contribution in [2.45, 2.75) is 38.5 Å². The van der Waals surface area contributed by atoms with Crippen molar-refractivity contribution in [3.63, 3.8) is 0 Å². The van der Waals surface area contributed by atoms with E-state index in [4.69, 9.17) is 0 Å². The smallest absolute Gasteiger partial charge is 0.327 e. The van der Waals surface area contributed by atoms with Crippen molar-refractivity contribution in [2.75, 3.05) is 6.54 Å². The van der Waals surface area contributed by atoms with Gasteiger partial charge in [-0.2, -0.15) is 13.2 Å². The molecule has 3 rings (SSSR count). The maximum absolute atomic E-state index is 12.7. The van der Waals surface area contributed by atoms with E-state index < -0.39 is 35.9 Å². The highest BCUT2D eigenvalue weighted by Crippen LogP contribution is 2.31. The van der Waals surface area contributed by atoms with Gasteiger partial charge in [-0.15, -0.1) is 0 Å². The molecule has 1 aliphatic rings. The molecular weight excluding hydrogens is 339 g/mol. The number of carbonyl (C=O) groups is 1. The van der Waals surface area contributed by atoms with Crippen LogP contribution in [0.3, 0.4) is 0 Å². The number of hydrogen-bond acceptors (Lipinski definition) is 3. The van der Waals surface area contributed by atoms with E-state index in [1.54, 1.807) is 6.92 Å². The van der Waals surface area contributed by atoms with Crippen molar-refractivity contribution >= 4 is 16.8 Å². The Morgan fingerprint density at radius 2 is 2.00 bits per heavy atom. The number of halogens is 3. The fourth-order valence-corrected chi connectivity index (χ4v) is 2.79. The van der Waals surface area contributed by atoms with Gasteiger partial charge in [0, 0.05) is 18.2 Å². The highest BCUT2D eigenvalue weighted by Gasteiger charge is 2.40. The lowest BCUT2D eigenvalue weighted by Gasteiger charge is -2.23. The minimum Gasteiger partial charge on any atom is -0.327 e. The summed E-state index contributed by atoms with van der Waals surface area (Å²) in [5.41, 5.74) is -0.991. The molecule has 0 unspecified atom stereocenters. The number of aromatic amines is 1. The van der Waals surface area contributed by atoms with Gasteiger partial charge in [0.15, 0.2) is 0 Å². The van der Waals surface area contributed by atoms with Gasteiger partial charge in [0.25, 0.3) is 11.5 Å². The maximum atomic E-state index is 12.7. The first-order valence-electron chi connectivity index (χ1n) is 7.86. The highest BCUT2D eigenvalue weighted by molar-refractivity contribution is 5.98. The van der Waals surface area contributed by atoms with E-state index in [0.717, 1.165) is 9.47 Å². The summed E-state index contributed by atoms with van der Waals surface area (Å²) in [6.07, 6.45) is -3.42. The Morgan fingerprint density at radius 3 is 2.56 bits per heavy atom. The fraction of sp³-hybridized carbons (Fsp3) is 0.438. The quantitative estimate of drug-likeness (QED) is 0.910. The lowest BCUT2D eigenvalue weighted by Crippen LogP contribution is -2.40. The molecule has 0 radical (unpaired) electrons. The molecule has 1 aromatic carbocycles. The topological polar surface area (TPSA) is 75.2 Å². The van der Waals surface area contributed by atoms with E-state index in [2.05, 4.69) is 4.98 Å². The van der Waals surface area contributed by atoms with Gasteiger partial charge in [-0.3, -0.25) is 14.2 Å². The molecule has 1 N–H and O–H groups in total. The third-order valence-corrected chi connectivity index (χ3v) is 4.14. The van der Waals surface area contributed by atoms with Crippen LogP contribution < -0.4 is 11.2 Å². The SMILES string of the molecule is CCn1c(=O)[nH]c2cc(C(=O)N(CC(F)(F)F)C3CC3)ccc2c1=O. The summed E-state index contributed by atoms with van der Waals surface area (Å²) in [6, 6.07) is 3.51. The van der Waals surface area contributed by atoms with Gasteiger partial charge in [-0.25, -0.2) is 4.79 Å². The lowest BCUT2D eigenvalue weighted by atomic mass is 10.1. The molecule has 0 bridgehead atoms. The van der Waals surface area contributed by atoms with Crippen LogP contribution in [0.15, 0.2) is 27.8 Å². The minimum atomic E-state index is -4.49. The van der Waals surface area contributed by atoms with Crippen LogP contribution >= 0.6 is 0 Å². The standard InChI is InChI=1S/C16H16F3N3O3/c1-2-21-14(24)11-6-3-9(7-12(11)20-15(21)25)13(23)22(10-4-5-10)8-16(17,18)19/h3,6-7,10H,2,4-5,8H2,1H3,(H,20,25). The van der Waals surface area contributed by atoms with Gasteiger partial charge in [0.2, 0.25) is 0 Å². The number of nitrogens with one attached hydrogen (secondary N) is 1. The third-order valence-electron chi connectivity index (χ3n) is 4.14. The zero-order valence-electron chi connectivity index (χ0n) is 13.4. The summed E-state index contributed by atoms with van der Waals surface area (Å²) in [6.45, 7) is 0.513. The molecule has 25 heavy (non-hydrogen) atoms. The predicted molar refractivity (Wildman–Crippen MR) is 84.6 cm³/mol. The molecule has 1 aliphatic carbocycles. The summed E-state index contributed by atoms with van der Waals surface area (Å²) in [4.78, 5) is 39.9. The van der Waals surface area contributed by atoms with Crippen molar-refractivity contribution < 1.29 is 18.0 Å². The first-order chi connectivity index (χ1) is 11.7. The normalized spacial score (nSPS) is 14.7. The number of carbonyl (C=O) groups excluding carboxylic acids is 1. The summed E-state index contributed by atoms with van der Waals surface area (Å²) in [5, 5.41) is 0.201. The number of hydrogen-bond donors (Lipinski definition) is 1. The average molecular weight is 355 g/mol. The van der Waals surface area contributed by atoms with Gasteiger partial charge in [0.05, 0.1) is 10.9 Å². The maximum Gasteiger partial charge on any atom is 0.406 e. The van der Waals surface area contributed by atoms with E-state index in [9.17, 15) is 27.6 Å². The molecule has 9 heteroatoms. The van der Waals surface area contributed by atoms with Crippen LogP contribution in [0.2, 0.25) is 0 Å². The van der Waals surface area contributed by atoms with E-state index in [1.807, 2.05) is 0 Å². The van der Waals surface area contributed by atoms with Crippen LogP contribution in [-0.2, 0) is 6.54 Å². The first kappa shape index (κ1) is 17.2. The van der Waals surface area contributed by atoms with Crippen molar-refractivity contribution in [3.8, 4) is 0 Å². The van der Waals surface area contributed by atoms with Crippen LogP contribution in [0, 0.1) is 0 Å². The van der Waals surface area contributed by atoms with Crippen LogP contribution in [0.25, 0.3) is 10.9 Å². The third kappa shape index (κ3) is 3.45. The van der Waals surface area contributed by atoms with E-state index in [0.29, 0.717) is 12.8 Å². The largest absolute Gasteiger partial charge is 0.406 e. The van der Waals surface area contributed by atoms with Crippen molar-refractivity contribution in [1.29, 1.82) is 0 Å². The van der Waals surface area contributed by atoms with Crippen LogP contribution in [-0.4, -0.2) is 39.1 Å². The Balaban J connectivity index is 2.02. The van der Waals surface area contributed by atoms with Crippen molar-refractivity contribution in [3.05, 3.63) is 44.6 Å². The number of aromatic nitrogens is 2. The second-order valence-corrected chi connectivity index (χ2v) is 6.02. The second-order valence-electron chi connectivity index (χ2n) is 6.02. The molecular formula is C16H16F3N3O3. The number of fused-ring (bicyclic) bond motifs is 1. The Kier molecular flexibility index (Phi) is 4.18. The zero-order valence-corrected chi connectivity index (χ0v) is 13.4. The van der Waals surface area contributed by atoms with Crippen LogP contribution in [0.4, 0.5) is 13.2 Å². The summed E-state index contributed by atoms with van der Waals surface area (Å²) >= 11 is 0. The van der Waals surface area contributed by atoms with E-state index in [-0.39, 0.29) is 23.0 Å². The monoisotopic (exact) mass is 355 g/mol. The summed E-state index contributed by atoms with van der Waals surface area (Å²) in [7, 11) is 0. The van der Waals surface area contributed by atoms with Gasteiger partial charge in [-0.05, 0) is 38.0 Å². The molecule has 1 heterocycles. The zero-order chi connectivity index (χ0) is 18.4. The highest BCUT2D eigenvalue weighted by atomic mass is 19.4. The molecule has 0 spiro atoms. The predicted octanol–water partition coefficient (Wildman–Crippen LogP) is 1.88. The van der Waals surface area contributed by atoms with Gasteiger partial charge in [-0.1, -0.05) is 0 Å². The van der Waals surface area contributed by atoms with Gasteiger partial charge >= 0.3 is 11.9 Å². The Morgan fingerprint density at radius 1 is 1.32 bits per heavy atom. The van der Waals surface area contributed by atoms with E-state index in [1.165, 1.54) is 18.2 Å². The number of nitrogens with zero attached hydrogens (tertiary/aromatic N) is 2. The van der Waals surface area contributed by atoms with Gasteiger partial charge in [0.1, 0.15) is 6.54 Å². The van der Waals surface area contributed by atoms with Crippen molar-refractivity contribution in [2.24, 2.45) is 0 Å². The van der Waals surface area contributed by atoms with Gasteiger partial charge < -0.3 is 9.88 Å². The molecule has 134 valence electrons. The molecule has 0 aliphatic heterocycles. The number of rotatable bonds is 4. The summed E-state index contributed by atoms with van der Waals surface area (Å²) in [5.74, 6) is -0.762.